The van der Waals surface area contributed by atoms with Crippen molar-refractivity contribution in [3.63, 3.8) is 0 Å². The van der Waals surface area contributed by atoms with Crippen molar-refractivity contribution in [2.45, 2.75) is 6.04 Å². The first kappa shape index (κ1) is 12.9. The van der Waals surface area contributed by atoms with E-state index < -0.39 is 12.0 Å². The number of ether oxygens (including phenoxy) is 1. The zero-order valence-corrected chi connectivity index (χ0v) is 10.3. The molecule has 1 aromatic carbocycles. The van der Waals surface area contributed by atoms with Gasteiger partial charge in [-0.1, -0.05) is 17.7 Å². The monoisotopic (exact) mass is 269 g/mol. The van der Waals surface area contributed by atoms with Gasteiger partial charge < -0.3 is 14.7 Å². The van der Waals surface area contributed by atoms with E-state index in [9.17, 15) is 9.59 Å². The van der Waals surface area contributed by atoms with Crippen LogP contribution in [0, 0.1) is 0 Å². The summed E-state index contributed by atoms with van der Waals surface area (Å²) >= 11 is 5.82. The van der Waals surface area contributed by atoms with Crippen LogP contribution in [0.3, 0.4) is 0 Å². The lowest BCUT2D eigenvalue weighted by molar-refractivity contribution is -0.147. The molecule has 1 aliphatic rings. The minimum atomic E-state index is -1.06. The standard InChI is InChI=1S/C12H12ClNO4/c13-9-3-1-2-8(6-9)11(15)14-4-5-18-7-10(14)12(16)17/h1-3,6,10H,4-5,7H2,(H,16,17)/t10-/m0/s1. The van der Waals surface area contributed by atoms with Gasteiger partial charge in [0.2, 0.25) is 0 Å². The van der Waals surface area contributed by atoms with Crippen LogP contribution in [0.2, 0.25) is 5.02 Å². The van der Waals surface area contributed by atoms with Crippen molar-refractivity contribution in [1.82, 2.24) is 4.90 Å². The Morgan fingerprint density at radius 3 is 2.89 bits per heavy atom. The molecule has 0 saturated carbocycles. The van der Waals surface area contributed by atoms with Crippen LogP contribution in [0.5, 0.6) is 0 Å². The number of carbonyl (C=O) groups is 2. The molecule has 5 nitrogen and oxygen atoms in total. The molecule has 1 saturated heterocycles. The minimum absolute atomic E-state index is 0.0155. The maximum Gasteiger partial charge on any atom is 0.328 e. The Hall–Kier alpha value is -1.59. The number of carboxylic acids is 1. The summed E-state index contributed by atoms with van der Waals surface area (Å²) in [6.45, 7) is 0.625. The number of halogens is 1. The summed E-state index contributed by atoms with van der Waals surface area (Å²) in [6, 6.07) is 5.52. The maximum atomic E-state index is 12.2. The number of hydrogen-bond acceptors (Lipinski definition) is 3. The van der Waals surface area contributed by atoms with E-state index in [2.05, 4.69) is 0 Å². The molecule has 0 unspecified atom stereocenters. The van der Waals surface area contributed by atoms with Gasteiger partial charge in [0, 0.05) is 17.1 Å². The van der Waals surface area contributed by atoms with Gasteiger partial charge in [-0.2, -0.15) is 0 Å². The van der Waals surface area contributed by atoms with Crippen molar-refractivity contribution >= 4 is 23.5 Å². The van der Waals surface area contributed by atoms with Crippen molar-refractivity contribution in [3.8, 4) is 0 Å². The third-order valence-corrected chi connectivity index (χ3v) is 2.98. The second-order valence-electron chi connectivity index (χ2n) is 3.94. The molecule has 1 N–H and O–H groups in total. The summed E-state index contributed by atoms with van der Waals surface area (Å²) in [5.41, 5.74) is 0.385. The molecule has 18 heavy (non-hydrogen) atoms. The predicted octanol–water partition coefficient (Wildman–Crippen LogP) is 1.27. The van der Waals surface area contributed by atoms with Crippen LogP contribution < -0.4 is 0 Å². The van der Waals surface area contributed by atoms with Gasteiger partial charge in [-0.15, -0.1) is 0 Å². The van der Waals surface area contributed by atoms with E-state index in [1.807, 2.05) is 0 Å². The SMILES string of the molecule is O=C(O)[C@@H]1COCCN1C(=O)c1cccc(Cl)c1. The highest BCUT2D eigenvalue weighted by molar-refractivity contribution is 6.30. The largest absolute Gasteiger partial charge is 0.480 e. The molecular formula is C12H12ClNO4. The molecule has 1 heterocycles. The Labute approximate surface area is 109 Å². The lowest BCUT2D eigenvalue weighted by atomic mass is 10.1. The Morgan fingerprint density at radius 2 is 2.22 bits per heavy atom. The van der Waals surface area contributed by atoms with Crippen molar-refractivity contribution < 1.29 is 19.4 Å². The van der Waals surface area contributed by atoms with Gasteiger partial charge >= 0.3 is 5.97 Å². The zero-order chi connectivity index (χ0) is 13.1. The summed E-state index contributed by atoms with van der Waals surface area (Å²) in [7, 11) is 0. The number of carbonyl (C=O) groups excluding carboxylic acids is 1. The lowest BCUT2D eigenvalue weighted by Gasteiger charge is -2.32. The van der Waals surface area contributed by atoms with E-state index in [1.165, 1.54) is 11.0 Å². The van der Waals surface area contributed by atoms with Gasteiger partial charge in [0.15, 0.2) is 6.04 Å². The van der Waals surface area contributed by atoms with E-state index in [-0.39, 0.29) is 19.1 Å². The van der Waals surface area contributed by atoms with Crippen LogP contribution in [-0.2, 0) is 9.53 Å². The fourth-order valence-corrected chi connectivity index (χ4v) is 2.03. The van der Waals surface area contributed by atoms with Gasteiger partial charge in [-0.25, -0.2) is 4.79 Å². The average Bonchev–Trinajstić information content (AvgIpc) is 2.38. The Morgan fingerprint density at radius 1 is 1.44 bits per heavy atom. The van der Waals surface area contributed by atoms with Crippen LogP contribution in [0.15, 0.2) is 24.3 Å². The van der Waals surface area contributed by atoms with E-state index in [1.54, 1.807) is 18.2 Å². The number of hydrogen-bond donors (Lipinski definition) is 1. The van der Waals surface area contributed by atoms with E-state index in [0.29, 0.717) is 17.2 Å². The molecule has 1 aromatic rings. The summed E-state index contributed by atoms with van der Waals surface area (Å²) in [5.74, 6) is -1.40. The summed E-state index contributed by atoms with van der Waals surface area (Å²) in [5, 5.41) is 9.50. The zero-order valence-electron chi connectivity index (χ0n) is 9.51. The predicted molar refractivity (Wildman–Crippen MR) is 64.7 cm³/mol. The van der Waals surface area contributed by atoms with E-state index >= 15 is 0 Å². The first-order chi connectivity index (χ1) is 8.59. The molecule has 0 aromatic heterocycles. The number of carboxylic acid groups (broad SMARTS) is 1. The van der Waals surface area contributed by atoms with Crippen LogP contribution in [0.1, 0.15) is 10.4 Å². The fourth-order valence-electron chi connectivity index (χ4n) is 1.84. The molecule has 1 atom stereocenters. The summed E-state index contributed by atoms with van der Waals surface area (Å²) in [4.78, 5) is 24.6. The fraction of sp³-hybridized carbons (Fsp3) is 0.333. The third kappa shape index (κ3) is 2.63. The normalized spacial score (nSPS) is 19.6. The molecule has 0 spiro atoms. The highest BCUT2D eigenvalue weighted by Gasteiger charge is 2.33. The second-order valence-corrected chi connectivity index (χ2v) is 4.37. The number of morpholine rings is 1. The number of aliphatic carboxylic acids is 1. The molecule has 1 fully saturated rings. The number of benzene rings is 1. The van der Waals surface area contributed by atoms with E-state index in [4.69, 9.17) is 21.4 Å². The molecule has 0 bridgehead atoms. The number of rotatable bonds is 2. The molecule has 1 amide bonds. The molecule has 2 rings (SSSR count). The van der Waals surface area contributed by atoms with Crippen LogP contribution >= 0.6 is 11.6 Å². The van der Waals surface area contributed by atoms with Crippen LogP contribution in [-0.4, -0.2) is 47.7 Å². The quantitative estimate of drug-likeness (QED) is 0.878. The third-order valence-electron chi connectivity index (χ3n) is 2.75. The molecule has 0 radical (unpaired) electrons. The molecular weight excluding hydrogens is 258 g/mol. The van der Waals surface area contributed by atoms with Gasteiger partial charge in [-0.05, 0) is 18.2 Å². The van der Waals surface area contributed by atoms with Gasteiger partial charge in [0.25, 0.3) is 5.91 Å². The van der Waals surface area contributed by atoms with Gasteiger partial charge in [0.05, 0.1) is 13.2 Å². The van der Waals surface area contributed by atoms with Crippen molar-refractivity contribution in [1.29, 1.82) is 0 Å². The molecule has 1 aliphatic heterocycles. The number of amides is 1. The summed E-state index contributed by atoms with van der Waals surface area (Å²) in [6.07, 6.45) is 0. The Balaban J connectivity index is 2.23. The first-order valence-electron chi connectivity index (χ1n) is 5.46. The van der Waals surface area contributed by atoms with Gasteiger partial charge in [-0.3, -0.25) is 4.79 Å². The first-order valence-corrected chi connectivity index (χ1v) is 5.84. The highest BCUT2D eigenvalue weighted by Crippen LogP contribution is 2.16. The average molecular weight is 270 g/mol. The molecule has 6 heteroatoms. The topological polar surface area (TPSA) is 66.8 Å². The molecule has 0 aliphatic carbocycles. The number of nitrogens with zero attached hydrogens (tertiary/aromatic N) is 1. The Kier molecular flexibility index (Phi) is 3.84. The lowest BCUT2D eigenvalue weighted by Crippen LogP contribution is -2.52. The van der Waals surface area contributed by atoms with Crippen molar-refractivity contribution in [2.75, 3.05) is 19.8 Å². The Bertz CT molecular complexity index is 477. The summed E-state index contributed by atoms with van der Waals surface area (Å²) < 4.78 is 5.08. The highest BCUT2D eigenvalue weighted by atomic mass is 35.5. The van der Waals surface area contributed by atoms with Crippen molar-refractivity contribution in [2.24, 2.45) is 0 Å². The van der Waals surface area contributed by atoms with E-state index in [0.717, 1.165) is 0 Å². The molecule has 96 valence electrons. The van der Waals surface area contributed by atoms with Crippen molar-refractivity contribution in [3.05, 3.63) is 34.9 Å². The smallest absolute Gasteiger partial charge is 0.328 e. The minimum Gasteiger partial charge on any atom is -0.480 e. The van der Waals surface area contributed by atoms with Gasteiger partial charge in [0.1, 0.15) is 0 Å². The second kappa shape index (κ2) is 5.37. The van der Waals surface area contributed by atoms with Crippen LogP contribution in [0.25, 0.3) is 0 Å². The maximum absolute atomic E-state index is 12.2. The van der Waals surface area contributed by atoms with Crippen LogP contribution in [0.4, 0.5) is 0 Å².